The molecule has 0 aliphatic carbocycles. The summed E-state index contributed by atoms with van der Waals surface area (Å²) in [5.41, 5.74) is 2.39. The Morgan fingerprint density at radius 3 is 2.33 bits per heavy atom. The zero-order valence-corrected chi connectivity index (χ0v) is 14.2. The molecule has 1 amide bonds. The summed E-state index contributed by atoms with van der Waals surface area (Å²) in [7, 11) is 1.62. The van der Waals surface area contributed by atoms with Gasteiger partial charge in [0.25, 0.3) is 0 Å². The largest absolute Gasteiger partial charge is 0.497 e. The van der Waals surface area contributed by atoms with Gasteiger partial charge in [-0.05, 0) is 36.8 Å². The van der Waals surface area contributed by atoms with Crippen LogP contribution in [0.4, 0.5) is 0 Å². The van der Waals surface area contributed by atoms with E-state index in [0.29, 0.717) is 19.7 Å². The molecule has 0 atom stereocenters. The van der Waals surface area contributed by atoms with Gasteiger partial charge >= 0.3 is 0 Å². The highest BCUT2D eigenvalue weighted by atomic mass is 16.5. The van der Waals surface area contributed by atoms with Gasteiger partial charge in [0, 0.05) is 6.54 Å². The Morgan fingerprint density at radius 2 is 1.67 bits per heavy atom. The lowest BCUT2D eigenvalue weighted by Crippen LogP contribution is -2.35. The van der Waals surface area contributed by atoms with Crippen molar-refractivity contribution in [2.45, 2.75) is 13.5 Å². The highest BCUT2D eigenvalue weighted by Gasteiger charge is 2.01. The molecular weight excluding hydrogens is 304 g/mol. The molecule has 0 unspecified atom stereocenters. The van der Waals surface area contributed by atoms with E-state index in [9.17, 15) is 4.79 Å². The number of carbonyl (C=O) groups is 1. The number of ether oxygens (including phenoxy) is 2. The van der Waals surface area contributed by atoms with Crippen molar-refractivity contribution in [3.8, 4) is 11.5 Å². The molecule has 5 heteroatoms. The zero-order valence-electron chi connectivity index (χ0n) is 14.2. The van der Waals surface area contributed by atoms with E-state index in [2.05, 4.69) is 41.8 Å². The summed E-state index contributed by atoms with van der Waals surface area (Å²) in [5, 5.41) is 5.95. The van der Waals surface area contributed by atoms with Crippen molar-refractivity contribution < 1.29 is 14.3 Å². The van der Waals surface area contributed by atoms with Crippen LogP contribution in [0, 0.1) is 6.92 Å². The molecule has 0 aliphatic heterocycles. The van der Waals surface area contributed by atoms with Gasteiger partial charge in [-0.25, -0.2) is 0 Å². The van der Waals surface area contributed by atoms with Crippen LogP contribution in [0.5, 0.6) is 11.5 Å². The highest BCUT2D eigenvalue weighted by molar-refractivity contribution is 5.77. The van der Waals surface area contributed by atoms with Crippen LogP contribution in [0.1, 0.15) is 11.1 Å². The Hall–Kier alpha value is -2.53. The molecule has 24 heavy (non-hydrogen) atoms. The van der Waals surface area contributed by atoms with Crippen molar-refractivity contribution in [1.29, 1.82) is 0 Å². The van der Waals surface area contributed by atoms with Crippen LogP contribution in [0.3, 0.4) is 0 Å². The third kappa shape index (κ3) is 6.30. The smallest absolute Gasteiger partial charge is 0.234 e. The number of amides is 1. The van der Waals surface area contributed by atoms with Gasteiger partial charge in [-0.2, -0.15) is 0 Å². The Bertz CT molecular complexity index is 624. The van der Waals surface area contributed by atoms with Crippen LogP contribution in [0.2, 0.25) is 0 Å². The predicted molar refractivity (Wildman–Crippen MR) is 94.4 cm³/mol. The van der Waals surface area contributed by atoms with Gasteiger partial charge in [-0.1, -0.05) is 29.8 Å². The highest BCUT2D eigenvalue weighted by Crippen LogP contribution is 2.16. The van der Waals surface area contributed by atoms with Crippen molar-refractivity contribution in [2.75, 3.05) is 26.8 Å². The number of carbonyl (C=O) groups excluding carboxylic acids is 1. The fourth-order valence-electron chi connectivity index (χ4n) is 2.12. The van der Waals surface area contributed by atoms with Gasteiger partial charge in [0.1, 0.15) is 18.1 Å². The molecule has 5 nitrogen and oxygen atoms in total. The van der Waals surface area contributed by atoms with Crippen LogP contribution in [0.15, 0.2) is 48.5 Å². The van der Waals surface area contributed by atoms with E-state index in [-0.39, 0.29) is 12.5 Å². The molecule has 2 aromatic rings. The minimum Gasteiger partial charge on any atom is -0.497 e. The molecule has 0 radical (unpaired) electrons. The molecule has 0 bridgehead atoms. The van der Waals surface area contributed by atoms with Gasteiger partial charge in [-0.15, -0.1) is 0 Å². The lowest BCUT2D eigenvalue weighted by molar-refractivity contribution is -0.120. The third-order valence-corrected chi connectivity index (χ3v) is 3.49. The van der Waals surface area contributed by atoms with Gasteiger partial charge in [0.2, 0.25) is 5.91 Å². The second kappa shape index (κ2) is 9.57. The van der Waals surface area contributed by atoms with Crippen LogP contribution in [-0.4, -0.2) is 32.7 Å². The van der Waals surface area contributed by atoms with Crippen molar-refractivity contribution in [3.05, 3.63) is 59.7 Å². The van der Waals surface area contributed by atoms with E-state index < -0.39 is 0 Å². The number of hydrogen-bond acceptors (Lipinski definition) is 4. The fraction of sp³-hybridized carbons (Fsp3) is 0.316. The summed E-state index contributed by atoms with van der Waals surface area (Å²) in [4.78, 5) is 11.7. The lowest BCUT2D eigenvalue weighted by Gasteiger charge is -2.09. The molecule has 2 rings (SSSR count). The molecule has 0 saturated carbocycles. The molecule has 128 valence electrons. The summed E-state index contributed by atoms with van der Waals surface area (Å²) in [5.74, 6) is 1.50. The minimum absolute atomic E-state index is 0.0413. The summed E-state index contributed by atoms with van der Waals surface area (Å²) >= 11 is 0. The first-order chi connectivity index (χ1) is 11.7. The Morgan fingerprint density at radius 1 is 1.00 bits per heavy atom. The summed E-state index contributed by atoms with van der Waals surface area (Å²) in [6.07, 6.45) is 0. The van der Waals surface area contributed by atoms with E-state index >= 15 is 0 Å². The third-order valence-electron chi connectivity index (χ3n) is 3.49. The van der Waals surface area contributed by atoms with Gasteiger partial charge in [-0.3, -0.25) is 4.79 Å². The zero-order chi connectivity index (χ0) is 17.2. The Kier molecular flexibility index (Phi) is 7.11. The number of methoxy groups -OCH3 is 1. The average Bonchev–Trinajstić information content (AvgIpc) is 2.61. The van der Waals surface area contributed by atoms with E-state index in [1.807, 2.05) is 24.3 Å². The first-order valence-corrected chi connectivity index (χ1v) is 7.97. The number of rotatable bonds is 9. The molecule has 0 fully saturated rings. The molecule has 2 N–H and O–H groups in total. The molecule has 0 aliphatic rings. The standard InChI is InChI=1S/C19H24N2O3/c1-15-3-5-16(6-4-15)13-20-14-19(22)21-11-12-24-18-9-7-17(23-2)8-10-18/h3-10,20H,11-14H2,1-2H3,(H,21,22). The maximum Gasteiger partial charge on any atom is 0.234 e. The first-order valence-electron chi connectivity index (χ1n) is 7.97. The first kappa shape index (κ1) is 17.8. The quantitative estimate of drug-likeness (QED) is 0.694. The van der Waals surface area contributed by atoms with E-state index in [1.165, 1.54) is 5.56 Å². The normalized spacial score (nSPS) is 10.2. The van der Waals surface area contributed by atoms with E-state index in [4.69, 9.17) is 9.47 Å². The van der Waals surface area contributed by atoms with Gasteiger partial charge < -0.3 is 20.1 Å². The second-order valence-electron chi connectivity index (χ2n) is 5.46. The number of benzene rings is 2. The predicted octanol–water partition coefficient (Wildman–Crippen LogP) is 2.29. The van der Waals surface area contributed by atoms with Crippen LogP contribution in [-0.2, 0) is 11.3 Å². The lowest BCUT2D eigenvalue weighted by atomic mass is 10.1. The Labute approximate surface area is 143 Å². The number of nitrogens with one attached hydrogen (secondary N) is 2. The molecule has 0 heterocycles. The monoisotopic (exact) mass is 328 g/mol. The van der Waals surface area contributed by atoms with Crippen molar-refractivity contribution in [3.63, 3.8) is 0 Å². The van der Waals surface area contributed by atoms with Crippen molar-refractivity contribution in [2.24, 2.45) is 0 Å². The van der Waals surface area contributed by atoms with E-state index in [0.717, 1.165) is 17.1 Å². The van der Waals surface area contributed by atoms with Crippen LogP contribution >= 0.6 is 0 Å². The molecule has 0 spiro atoms. The number of hydrogen-bond donors (Lipinski definition) is 2. The fourth-order valence-corrected chi connectivity index (χ4v) is 2.12. The van der Waals surface area contributed by atoms with Crippen LogP contribution in [0.25, 0.3) is 0 Å². The van der Waals surface area contributed by atoms with Crippen molar-refractivity contribution in [1.82, 2.24) is 10.6 Å². The SMILES string of the molecule is COc1ccc(OCCNC(=O)CNCc2ccc(C)cc2)cc1. The summed E-state index contributed by atoms with van der Waals surface area (Å²) in [6.45, 7) is 3.91. The minimum atomic E-state index is -0.0413. The molecule has 2 aromatic carbocycles. The van der Waals surface area contributed by atoms with Crippen molar-refractivity contribution >= 4 is 5.91 Å². The second-order valence-corrected chi connectivity index (χ2v) is 5.46. The van der Waals surface area contributed by atoms with Gasteiger partial charge in [0.05, 0.1) is 20.2 Å². The molecule has 0 aromatic heterocycles. The summed E-state index contributed by atoms with van der Waals surface area (Å²) < 4.78 is 10.6. The Balaban J connectivity index is 1.56. The summed E-state index contributed by atoms with van der Waals surface area (Å²) in [6, 6.07) is 15.6. The molecule has 0 saturated heterocycles. The van der Waals surface area contributed by atoms with Gasteiger partial charge in [0.15, 0.2) is 0 Å². The van der Waals surface area contributed by atoms with Crippen LogP contribution < -0.4 is 20.1 Å². The average molecular weight is 328 g/mol. The molecular formula is C19H24N2O3. The van der Waals surface area contributed by atoms with E-state index in [1.54, 1.807) is 7.11 Å². The topological polar surface area (TPSA) is 59.6 Å². The number of aryl methyl sites for hydroxylation is 1. The maximum absolute atomic E-state index is 11.7. The maximum atomic E-state index is 11.7.